The molecule has 0 saturated carbocycles. The Kier molecular flexibility index (Phi) is 5.41. The van der Waals surface area contributed by atoms with E-state index in [2.05, 4.69) is 74.3 Å². The molecule has 0 aromatic heterocycles. The van der Waals surface area contributed by atoms with Crippen LogP contribution in [0.2, 0.25) is 0 Å². The molecule has 2 aromatic rings. The van der Waals surface area contributed by atoms with Crippen molar-refractivity contribution in [3.05, 3.63) is 84.4 Å². The zero-order valence-electron chi connectivity index (χ0n) is 15.2. The number of aliphatic hydroxyl groups is 1. The Morgan fingerprint density at radius 3 is 2.16 bits per heavy atom. The Labute approximate surface area is 151 Å². The first kappa shape index (κ1) is 17.9. The number of hydrogen-bond donors (Lipinski definition) is 2. The topological polar surface area (TPSA) is 32.3 Å². The standard InChI is InChI=1S/C23H29NO/c1-4-15-23(25)16-20(18-11-7-5-8-12-18)24-22(21(23)17(2)3)19-13-9-6-10-14-19/h4-14,17,20-22,24-25H,1,15-16H2,2-3H3/t20-,21-,22+,23+/m1/s1. The van der Waals surface area contributed by atoms with Crippen molar-refractivity contribution in [3.8, 4) is 0 Å². The third kappa shape index (κ3) is 3.70. The second-order valence-electron chi connectivity index (χ2n) is 7.59. The fourth-order valence-electron chi connectivity index (χ4n) is 4.52. The molecule has 1 saturated heterocycles. The van der Waals surface area contributed by atoms with Crippen molar-refractivity contribution in [1.29, 1.82) is 0 Å². The van der Waals surface area contributed by atoms with E-state index in [-0.39, 0.29) is 18.0 Å². The Bertz CT molecular complexity index is 682. The van der Waals surface area contributed by atoms with E-state index in [0.29, 0.717) is 18.8 Å². The highest BCUT2D eigenvalue weighted by atomic mass is 16.3. The van der Waals surface area contributed by atoms with Crippen molar-refractivity contribution in [1.82, 2.24) is 5.32 Å². The third-order valence-electron chi connectivity index (χ3n) is 5.49. The number of benzene rings is 2. The highest BCUT2D eigenvalue weighted by Crippen LogP contribution is 2.48. The van der Waals surface area contributed by atoms with Crippen LogP contribution in [0.15, 0.2) is 73.3 Å². The summed E-state index contributed by atoms with van der Waals surface area (Å²) < 4.78 is 0. The van der Waals surface area contributed by atoms with Gasteiger partial charge in [0.25, 0.3) is 0 Å². The van der Waals surface area contributed by atoms with E-state index < -0.39 is 5.60 Å². The summed E-state index contributed by atoms with van der Waals surface area (Å²) in [6, 6.07) is 21.2. The molecular formula is C23H29NO. The summed E-state index contributed by atoms with van der Waals surface area (Å²) in [4.78, 5) is 0. The summed E-state index contributed by atoms with van der Waals surface area (Å²) in [5, 5.41) is 15.5. The molecular weight excluding hydrogens is 306 g/mol. The van der Waals surface area contributed by atoms with Crippen LogP contribution in [0.3, 0.4) is 0 Å². The van der Waals surface area contributed by atoms with Crippen molar-refractivity contribution in [2.75, 3.05) is 0 Å². The summed E-state index contributed by atoms with van der Waals surface area (Å²) in [6.07, 6.45) is 3.18. The highest BCUT2D eigenvalue weighted by molar-refractivity contribution is 5.27. The summed E-state index contributed by atoms with van der Waals surface area (Å²) in [7, 11) is 0. The second kappa shape index (κ2) is 7.55. The van der Waals surface area contributed by atoms with E-state index >= 15 is 0 Å². The molecule has 3 rings (SSSR count). The van der Waals surface area contributed by atoms with Crippen molar-refractivity contribution in [2.45, 2.75) is 44.4 Å². The maximum absolute atomic E-state index is 11.7. The Hall–Kier alpha value is -1.90. The molecule has 0 radical (unpaired) electrons. The molecule has 0 amide bonds. The molecule has 0 aliphatic carbocycles. The molecule has 4 atom stereocenters. The fraction of sp³-hybridized carbons (Fsp3) is 0.391. The minimum Gasteiger partial charge on any atom is -0.389 e. The van der Waals surface area contributed by atoms with Crippen molar-refractivity contribution >= 4 is 0 Å². The molecule has 1 aliphatic rings. The third-order valence-corrected chi connectivity index (χ3v) is 5.49. The average molecular weight is 335 g/mol. The number of nitrogens with one attached hydrogen (secondary N) is 1. The van der Waals surface area contributed by atoms with Crippen molar-refractivity contribution in [2.24, 2.45) is 11.8 Å². The quantitative estimate of drug-likeness (QED) is 0.750. The first-order chi connectivity index (χ1) is 12.0. The van der Waals surface area contributed by atoms with Crippen molar-refractivity contribution < 1.29 is 5.11 Å². The summed E-state index contributed by atoms with van der Waals surface area (Å²) in [6.45, 7) is 8.32. The van der Waals surface area contributed by atoms with E-state index in [0.717, 1.165) is 0 Å². The second-order valence-corrected chi connectivity index (χ2v) is 7.59. The largest absolute Gasteiger partial charge is 0.389 e. The van der Waals surface area contributed by atoms with Crippen LogP contribution in [0.5, 0.6) is 0 Å². The van der Waals surface area contributed by atoms with E-state index in [9.17, 15) is 5.11 Å². The molecule has 0 unspecified atom stereocenters. The van der Waals surface area contributed by atoms with Crippen LogP contribution in [0.4, 0.5) is 0 Å². The van der Waals surface area contributed by atoms with Crippen LogP contribution in [-0.2, 0) is 0 Å². The van der Waals surface area contributed by atoms with Gasteiger partial charge in [0.15, 0.2) is 0 Å². The lowest BCUT2D eigenvalue weighted by molar-refractivity contribution is -0.0902. The van der Waals surface area contributed by atoms with E-state index in [1.165, 1.54) is 11.1 Å². The monoisotopic (exact) mass is 335 g/mol. The van der Waals surface area contributed by atoms with Gasteiger partial charge in [-0.1, -0.05) is 80.6 Å². The van der Waals surface area contributed by atoms with Crippen molar-refractivity contribution in [3.63, 3.8) is 0 Å². The molecule has 25 heavy (non-hydrogen) atoms. The van der Waals surface area contributed by atoms with Gasteiger partial charge < -0.3 is 10.4 Å². The molecule has 0 bridgehead atoms. The highest BCUT2D eigenvalue weighted by Gasteiger charge is 2.48. The molecule has 132 valence electrons. The normalized spacial score (nSPS) is 29.5. The Balaban J connectivity index is 2.04. The van der Waals surface area contributed by atoms with Gasteiger partial charge in [0.05, 0.1) is 5.60 Å². The minimum absolute atomic E-state index is 0.116. The fourth-order valence-corrected chi connectivity index (χ4v) is 4.52. The molecule has 2 heteroatoms. The van der Waals surface area contributed by atoms with E-state index in [1.54, 1.807) is 0 Å². The number of rotatable bonds is 5. The van der Waals surface area contributed by atoms with Gasteiger partial charge in [-0.05, 0) is 29.9 Å². The first-order valence-electron chi connectivity index (χ1n) is 9.24. The first-order valence-corrected chi connectivity index (χ1v) is 9.24. The molecule has 2 nitrogen and oxygen atoms in total. The predicted molar refractivity (Wildman–Crippen MR) is 104 cm³/mol. The van der Waals surface area contributed by atoms with E-state index in [4.69, 9.17) is 0 Å². The van der Waals surface area contributed by atoms with Gasteiger partial charge >= 0.3 is 0 Å². The Morgan fingerprint density at radius 1 is 1.08 bits per heavy atom. The summed E-state index contributed by atoms with van der Waals surface area (Å²) in [5.74, 6) is 0.493. The summed E-state index contributed by atoms with van der Waals surface area (Å²) >= 11 is 0. The lowest BCUT2D eigenvalue weighted by Gasteiger charge is -2.50. The van der Waals surface area contributed by atoms with Gasteiger partial charge in [0.1, 0.15) is 0 Å². The predicted octanol–water partition coefficient (Wildman–Crippen LogP) is 5.04. The van der Waals surface area contributed by atoms with Gasteiger partial charge in [-0.3, -0.25) is 0 Å². The Morgan fingerprint density at radius 2 is 1.64 bits per heavy atom. The SMILES string of the molecule is C=CC[C@]1(O)C[C@H](c2ccccc2)N[C@@H](c2ccccc2)[C@H]1C(C)C. The van der Waals surface area contributed by atoms with Crippen LogP contribution < -0.4 is 5.32 Å². The van der Waals surface area contributed by atoms with Crippen LogP contribution in [0, 0.1) is 11.8 Å². The molecule has 1 aliphatic heterocycles. The van der Waals surface area contributed by atoms with Gasteiger partial charge in [-0.25, -0.2) is 0 Å². The van der Waals surface area contributed by atoms with Gasteiger partial charge in [-0.2, -0.15) is 0 Å². The zero-order valence-corrected chi connectivity index (χ0v) is 15.2. The maximum atomic E-state index is 11.7. The van der Waals surface area contributed by atoms with Crippen LogP contribution in [0.1, 0.15) is 49.9 Å². The van der Waals surface area contributed by atoms with Crippen LogP contribution >= 0.6 is 0 Å². The van der Waals surface area contributed by atoms with Gasteiger partial charge in [0.2, 0.25) is 0 Å². The van der Waals surface area contributed by atoms with Gasteiger partial charge in [0, 0.05) is 18.0 Å². The molecule has 1 fully saturated rings. The molecule has 2 N–H and O–H groups in total. The summed E-state index contributed by atoms with van der Waals surface area (Å²) in [5.41, 5.74) is 1.71. The smallest absolute Gasteiger partial charge is 0.0748 e. The lowest BCUT2D eigenvalue weighted by Crippen LogP contribution is -2.54. The molecule has 0 spiro atoms. The molecule has 1 heterocycles. The lowest BCUT2D eigenvalue weighted by atomic mass is 9.65. The number of hydrogen-bond acceptors (Lipinski definition) is 2. The van der Waals surface area contributed by atoms with Gasteiger partial charge in [-0.15, -0.1) is 6.58 Å². The minimum atomic E-state index is -0.762. The van der Waals surface area contributed by atoms with Crippen LogP contribution in [0.25, 0.3) is 0 Å². The average Bonchev–Trinajstić information content (AvgIpc) is 2.62. The zero-order chi connectivity index (χ0) is 17.9. The molecule has 2 aromatic carbocycles. The number of piperidine rings is 1. The maximum Gasteiger partial charge on any atom is 0.0748 e. The van der Waals surface area contributed by atoms with E-state index in [1.807, 2.05) is 18.2 Å². The van der Waals surface area contributed by atoms with Crippen LogP contribution in [-0.4, -0.2) is 10.7 Å².